The van der Waals surface area contributed by atoms with Crippen molar-refractivity contribution in [2.45, 2.75) is 13.3 Å². The van der Waals surface area contributed by atoms with Gasteiger partial charge in [-0.05, 0) is 24.5 Å². The van der Waals surface area contributed by atoms with E-state index in [0.717, 1.165) is 5.92 Å². The fourth-order valence-electron chi connectivity index (χ4n) is 1.71. The molecule has 1 saturated heterocycles. The van der Waals surface area contributed by atoms with E-state index in [1.54, 1.807) is 0 Å². The highest BCUT2D eigenvalue weighted by Crippen LogP contribution is 2.21. The van der Waals surface area contributed by atoms with Crippen molar-refractivity contribution in [3.8, 4) is 0 Å². The van der Waals surface area contributed by atoms with Crippen LogP contribution in [0, 0.1) is 5.92 Å². The summed E-state index contributed by atoms with van der Waals surface area (Å²) in [5, 5.41) is 0. The third-order valence-electron chi connectivity index (χ3n) is 2.43. The predicted octanol–water partition coefficient (Wildman–Crippen LogP) is 1.93. The van der Waals surface area contributed by atoms with Gasteiger partial charge in [-0.15, -0.1) is 0 Å². The molecule has 0 spiro atoms. The van der Waals surface area contributed by atoms with Crippen molar-refractivity contribution >= 4 is 5.69 Å². The Morgan fingerprint density at radius 3 is 3.08 bits per heavy atom. The van der Waals surface area contributed by atoms with E-state index < -0.39 is 0 Å². The summed E-state index contributed by atoms with van der Waals surface area (Å²) in [7, 11) is 0. The third kappa shape index (κ3) is 1.42. The number of aromatic nitrogens is 1. The van der Waals surface area contributed by atoms with Crippen LogP contribution < -0.4 is 4.90 Å². The molecule has 0 radical (unpaired) electrons. The van der Waals surface area contributed by atoms with E-state index in [0.29, 0.717) is 0 Å². The molecule has 1 unspecified atom stereocenters. The first kappa shape index (κ1) is 7.59. The smallest absolute Gasteiger partial charge is 0.0552 e. The first-order valence-electron chi connectivity index (χ1n) is 4.51. The van der Waals surface area contributed by atoms with Crippen LogP contribution in [0.15, 0.2) is 24.5 Å². The maximum atomic E-state index is 4.11. The van der Waals surface area contributed by atoms with Crippen LogP contribution in [0.4, 0.5) is 5.69 Å². The summed E-state index contributed by atoms with van der Waals surface area (Å²) in [4.78, 5) is 6.51. The van der Waals surface area contributed by atoms with Gasteiger partial charge in [-0.25, -0.2) is 0 Å². The topological polar surface area (TPSA) is 16.1 Å². The molecule has 2 rings (SSSR count). The van der Waals surface area contributed by atoms with Gasteiger partial charge in [0.2, 0.25) is 0 Å². The minimum atomic E-state index is 0.838. The molecule has 0 amide bonds. The Bertz CT molecular complexity index is 245. The summed E-state index contributed by atoms with van der Waals surface area (Å²) in [6, 6.07) is 4.13. The fraction of sp³-hybridized carbons (Fsp3) is 0.500. The number of nitrogens with zero attached hydrogens (tertiary/aromatic N) is 2. The average Bonchev–Trinajstić information content (AvgIpc) is 2.54. The van der Waals surface area contributed by atoms with E-state index in [-0.39, 0.29) is 0 Å². The average molecular weight is 162 g/mol. The molecule has 0 bridgehead atoms. The van der Waals surface area contributed by atoms with Gasteiger partial charge in [-0.3, -0.25) is 4.98 Å². The number of hydrogen-bond donors (Lipinski definition) is 0. The van der Waals surface area contributed by atoms with E-state index in [2.05, 4.69) is 22.9 Å². The zero-order valence-electron chi connectivity index (χ0n) is 7.40. The number of hydrogen-bond acceptors (Lipinski definition) is 2. The van der Waals surface area contributed by atoms with Gasteiger partial charge in [0, 0.05) is 19.3 Å². The van der Waals surface area contributed by atoms with E-state index in [1.807, 2.05) is 18.5 Å². The number of anilines is 1. The molecule has 2 heterocycles. The number of rotatable bonds is 1. The lowest BCUT2D eigenvalue weighted by Gasteiger charge is -2.16. The Morgan fingerprint density at radius 1 is 1.58 bits per heavy atom. The molecule has 2 heteroatoms. The normalized spacial score (nSPS) is 23.1. The predicted molar refractivity (Wildman–Crippen MR) is 50.2 cm³/mol. The van der Waals surface area contributed by atoms with Crippen molar-refractivity contribution in [3.05, 3.63) is 24.5 Å². The van der Waals surface area contributed by atoms with Gasteiger partial charge in [-0.2, -0.15) is 0 Å². The molecule has 1 aromatic heterocycles. The molecular weight excluding hydrogens is 148 g/mol. The molecule has 12 heavy (non-hydrogen) atoms. The van der Waals surface area contributed by atoms with Gasteiger partial charge in [0.25, 0.3) is 0 Å². The molecule has 0 aliphatic carbocycles. The largest absolute Gasteiger partial charge is 0.370 e. The summed E-state index contributed by atoms with van der Waals surface area (Å²) in [5.74, 6) is 0.838. The van der Waals surface area contributed by atoms with Crippen LogP contribution in [0.1, 0.15) is 13.3 Å². The second-order valence-corrected chi connectivity index (χ2v) is 3.55. The summed E-state index contributed by atoms with van der Waals surface area (Å²) >= 11 is 0. The summed E-state index contributed by atoms with van der Waals surface area (Å²) < 4.78 is 0. The first-order valence-corrected chi connectivity index (χ1v) is 4.51. The second-order valence-electron chi connectivity index (χ2n) is 3.55. The SMILES string of the molecule is CC1CCN(c2cccnc2)C1. The lowest BCUT2D eigenvalue weighted by molar-refractivity contribution is 0.659. The Labute approximate surface area is 73.2 Å². The lowest BCUT2D eigenvalue weighted by atomic mass is 10.2. The van der Waals surface area contributed by atoms with Crippen LogP contribution in [-0.4, -0.2) is 18.1 Å². The monoisotopic (exact) mass is 162 g/mol. The van der Waals surface area contributed by atoms with Crippen molar-refractivity contribution in [3.63, 3.8) is 0 Å². The summed E-state index contributed by atoms with van der Waals surface area (Å²) in [6.45, 7) is 4.68. The van der Waals surface area contributed by atoms with Gasteiger partial charge < -0.3 is 4.90 Å². The van der Waals surface area contributed by atoms with Crippen molar-refractivity contribution < 1.29 is 0 Å². The molecule has 1 aromatic rings. The third-order valence-corrected chi connectivity index (χ3v) is 2.43. The standard InChI is InChI=1S/C10H14N2/c1-9-4-6-12(8-9)10-3-2-5-11-7-10/h2-3,5,7,9H,4,6,8H2,1H3. The van der Waals surface area contributed by atoms with Gasteiger partial charge in [0.1, 0.15) is 0 Å². The summed E-state index contributed by atoms with van der Waals surface area (Å²) in [6.07, 6.45) is 5.08. The zero-order chi connectivity index (χ0) is 8.39. The molecule has 1 atom stereocenters. The Hall–Kier alpha value is -1.05. The van der Waals surface area contributed by atoms with Crippen molar-refractivity contribution in [1.82, 2.24) is 4.98 Å². The minimum Gasteiger partial charge on any atom is -0.370 e. The van der Waals surface area contributed by atoms with Crippen LogP contribution in [0.2, 0.25) is 0 Å². The van der Waals surface area contributed by atoms with Crippen LogP contribution >= 0.6 is 0 Å². The highest BCUT2D eigenvalue weighted by molar-refractivity contribution is 5.44. The van der Waals surface area contributed by atoms with E-state index in [1.165, 1.54) is 25.2 Å². The van der Waals surface area contributed by atoms with Crippen molar-refractivity contribution in [2.24, 2.45) is 5.92 Å². The molecule has 0 saturated carbocycles. The molecule has 2 nitrogen and oxygen atoms in total. The first-order chi connectivity index (χ1) is 5.86. The molecule has 64 valence electrons. The Balaban J connectivity index is 2.11. The Kier molecular flexibility index (Phi) is 1.98. The van der Waals surface area contributed by atoms with Gasteiger partial charge in [-0.1, -0.05) is 6.92 Å². The van der Waals surface area contributed by atoms with Gasteiger partial charge in [0.15, 0.2) is 0 Å². The van der Waals surface area contributed by atoms with E-state index in [9.17, 15) is 0 Å². The maximum absolute atomic E-state index is 4.11. The molecule has 0 N–H and O–H groups in total. The minimum absolute atomic E-state index is 0.838. The highest BCUT2D eigenvalue weighted by atomic mass is 15.2. The zero-order valence-corrected chi connectivity index (χ0v) is 7.40. The lowest BCUT2D eigenvalue weighted by Crippen LogP contribution is -2.18. The van der Waals surface area contributed by atoms with Gasteiger partial charge in [0.05, 0.1) is 11.9 Å². The van der Waals surface area contributed by atoms with Crippen LogP contribution in [0.5, 0.6) is 0 Å². The molecule has 1 aliphatic rings. The Morgan fingerprint density at radius 2 is 2.50 bits per heavy atom. The van der Waals surface area contributed by atoms with Crippen molar-refractivity contribution in [1.29, 1.82) is 0 Å². The molecule has 1 aliphatic heterocycles. The summed E-state index contributed by atoms with van der Waals surface area (Å²) in [5.41, 5.74) is 1.27. The van der Waals surface area contributed by atoms with E-state index >= 15 is 0 Å². The second kappa shape index (κ2) is 3.13. The molecule has 0 aromatic carbocycles. The van der Waals surface area contributed by atoms with Crippen LogP contribution in [-0.2, 0) is 0 Å². The van der Waals surface area contributed by atoms with Crippen molar-refractivity contribution in [2.75, 3.05) is 18.0 Å². The molecular formula is C10H14N2. The quantitative estimate of drug-likeness (QED) is 0.627. The maximum Gasteiger partial charge on any atom is 0.0552 e. The van der Waals surface area contributed by atoms with Crippen LogP contribution in [0.25, 0.3) is 0 Å². The fourth-order valence-corrected chi connectivity index (χ4v) is 1.71. The number of pyridine rings is 1. The highest BCUT2D eigenvalue weighted by Gasteiger charge is 2.18. The molecule has 1 fully saturated rings. The van der Waals surface area contributed by atoms with Gasteiger partial charge >= 0.3 is 0 Å². The van der Waals surface area contributed by atoms with Crippen LogP contribution in [0.3, 0.4) is 0 Å². The van der Waals surface area contributed by atoms with E-state index in [4.69, 9.17) is 0 Å².